The van der Waals surface area contributed by atoms with Gasteiger partial charge in [-0.25, -0.2) is 0 Å². The zero-order chi connectivity index (χ0) is 25.8. The maximum Gasteiger partial charge on any atom is 0.417 e. The summed E-state index contributed by atoms with van der Waals surface area (Å²) in [6.45, 7) is 5.21. The van der Waals surface area contributed by atoms with Gasteiger partial charge in [0.05, 0.1) is 29.4 Å². The van der Waals surface area contributed by atoms with Gasteiger partial charge in [0.2, 0.25) is 5.91 Å². The van der Waals surface area contributed by atoms with Gasteiger partial charge >= 0.3 is 12.1 Å². The molecule has 1 amide bonds. The fourth-order valence-corrected chi connectivity index (χ4v) is 4.35. The molecular weight excluding hydrogens is 551 g/mol. The fraction of sp³-hybridized carbons (Fsp3) is 0.292. The summed E-state index contributed by atoms with van der Waals surface area (Å²) < 4.78 is 45.8. The highest BCUT2D eigenvalue weighted by Gasteiger charge is 2.50. The lowest BCUT2D eigenvalue weighted by atomic mass is 9.77. The summed E-state index contributed by atoms with van der Waals surface area (Å²) in [6.07, 6.45) is -3.04. The van der Waals surface area contributed by atoms with Gasteiger partial charge in [-0.2, -0.15) is 18.3 Å². The van der Waals surface area contributed by atoms with Gasteiger partial charge in [-0.05, 0) is 49.7 Å². The molecule has 2 aromatic carbocycles. The molecule has 0 spiro atoms. The molecule has 2 aromatic rings. The van der Waals surface area contributed by atoms with Crippen LogP contribution in [-0.2, 0) is 20.5 Å². The van der Waals surface area contributed by atoms with E-state index in [-0.39, 0.29) is 43.3 Å². The number of ether oxygens (including phenoxy) is 1. The molecule has 35 heavy (non-hydrogen) atoms. The Balaban J connectivity index is 1.96. The number of carbonyl (C=O) groups is 2. The Morgan fingerprint density at radius 2 is 1.97 bits per heavy atom. The average Bonchev–Trinajstić information content (AvgIpc) is 3.13. The zero-order valence-corrected chi connectivity index (χ0v) is 21.0. The Hall–Kier alpha value is -2.85. The highest BCUT2D eigenvalue weighted by molar-refractivity contribution is 9.10. The van der Waals surface area contributed by atoms with Crippen LogP contribution in [0.15, 0.2) is 64.7 Å². The van der Waals surface area contributed by atoms with Crippen LogP contribution in [0.25, 0.3) is 0 Å². The summed E-state index contributed by atoms with van der Waals surface area (Å²) in [6, 6.07) is 10.1. The number of nitrogens with zero attached hydrogens (tertiary/aromatic N) is 2. The third-order valence-corrected chi connectivity index (χ3v) is 6.15. The minimum Gasteiger partial charge on any atom is -0.465 e. The van der Waals surface area contributed by atoms with Crippen molar-refractivity contribution in [2.75, 3.05) is 25.0 Å². The number of carbonyl (C=O) groups excluding carboxylic acids is 2. The van der Waals surface area contributed by atoms with Gasteiger partial charge in [0, 0.05) is 15.7 Å². The molecule has 1 aliphatic rings. The van der Waals surface area contributed by atoms with Crippen LogP contribution in [0.4, 0.5) is 18.9 Å². The number of anilines is 1. The van der Waals surface area contributed by atoms with E-state index in [9.17, 15) is 22.8 Å². The molecule has 0 aromatic heterocycles. The van der Waals surface area contributed by atoms with Crippen LogP contribution in [0, 0.1) is 5.41 Å². The van der Waals surface area contributed by atoms with E-state index in [4.69, 9.17) is 16.3 Å². The lowest BCUT2D eigenvalue weighted by Crippen LogP contribution is -2.44. The Morgan fingerprint density at radius 3 is 2.54 bits per heavy atom. The van der Waals surface area contributed by atoms with Gasteiger partial charge in [0.25, 0.3) is 0 Å². The normalized spacial score (nSPS) is 17.7. The quantitative estimate of drug-likeness (QED) is 0.316. The monoisotopic (exact) mass is 571 g/mol. The van der Waals surface area contributed by atoms with Crippen LogP contribution >= 0.6 is 27.5 Å². The van der Waals surface area contributed by atoms with Crippen molar-refractivity contribution in [1.82, 2.24) is 5.01 Å². The summed E-state index contributed by atoms with van der Waals surface area (Å²) in [4.78, 5) is 25.8. The number of benzene rings is 2. The average molecular weight is 573 g/mol. The van der Waals surface area contributed by atoms with Crippen LogP contribution in [-0.4, -0.2) is 42.3 Å². The number of hydrazone groups is 1. The van der Waals surface area contributed by atoms with E-state index in [1.165, 1.54) is 17.2 Å². The topological polar surface area (TPSA) is 71.0 Å². The predicted molar refractivity (Wildman–Crippen MR) is 131 cm³/mol. The molecule has 6 nitrogen and oxygen atoms in total. The van der Waals surface area contributed by atoms with Gasteiger partial charge in [0.15, 0.2) is 0 Å². The van der Waals surface area contributed by atoms with Crippen LogP contribution < -0.4 is 5.32 Å². The predicted octanol–water partition coefficient (Wildman–Crippen LogP) is 5.91. The van der Waals surface area contributed by atoms with Crippen LogP contribution in [0.1, 0.15) is 24.5 Å². The smallest absolute Gasteiger partial charge is 0.417 e. The van der Waals surface area contributed by atoms with Crippen LogP contribution in [0.5, 0.6) is 0 Å². The first-order valence-corrected chi connectivity index (χ1v) is 11.7. The molecule has 0 saturated heterocycles. The van der Waals surface area contributed by atoms with Crippen molar-refractivity contribution in [3.8, 4) is 0 Å². The number of nitrogens with one attached hydrogen (secondary N) is 1. The van der Waals surface area contributed by atoms with E-state index < -0.39 is 28.1 Å². The summed E-state index contributed by atoms with van der Waals surface area (Å²) in [5, 5.41) is 8.06. The lowest BCUT2D eigenvalue weighted by Gasteiger charge is -2.28. The number of allylic oxidation sites excluding steroid dienone is 1. The summed E-state index contributed by atoms with van der Waals surface area (Å²) in [5.74, 6) is -1.01. The van der Waals surface area contributed by atoms with Gasteiger partial charge in [-0.15, -0.1) is 6.58 Å². The third kappa shape index (κ3) is 6.05. The molecule has 11 heteroatoms. The second-order valence-corrected chi connectivity index (χ2v) is 9.14. The molecule has 0 saturated carbocycles. The van der Waals surface area contributed by atoms with Gasteiger partial charge in [0.1, 0.15) is 12.0 Å². The van der Waals surface area contributed by atoms with Crippen LogP contribution in [0.2, 0.25) is 5.02 Å². The first-order valence-electron chi connectivity index (χ1n) is 10.5. The molecule has 0 aliphatic carbocycles. The number of esters is 1. The van der Waals surface area contributed by atoms with Gasteiger partial charge in [-0.1, -0.05) is 39.7 Å². The second kappa shape index (κ2) is 10.8. The second-order valence-electron chi connectivity index (χ2n) is 7.81. The maximum absolute atomic E-state index is 13.2. The molecule has 0 radical (unpaired) electrons. The van der Waals surface area contributed by atoms with E-state index >= 15 is 0 Å². The number of hydrogen-bond donors (Lipinski definition) is 1. The Morgan fingerprint density at radius 1 is 1.29 bits per heavy atom. The lowest BCUT2D eigenvalue weighted by molar-refractivity contribution is -0.151. The summed E-state index contributed by atoms with van der Waals surface area (Å²) >= 11 is 9.26. The van der Waals surface area contributed by atoms with Gasteiger partial charge < -0.3 is 10.1 Å². The third-order valence-electron chi connectivity index (χ3n) is 5.31. The van der Waals surface area contributed by atoms with Crippen molar-refractivity contribution in [1.29, 1.82) is 0 Å². The Bertz CT molecular complexity index is 1150. The van der Waals surface area contributed by atoms with Gasteiger partial charge in [-0.3, -0.25) is 14.6 Å². The van der Waals surface area contributed by atoms with Crippen molar-refractivity contribution < 1.29 is 27.5 Å². The highest BCUT2D eigenvalue weighted by atomic mass is 79.9. The molecule has 0 bridgehead atoms. The van der Waals surface area contributed by atoms with Crippen molar-refractivity contribution >= 4 is 50.8 Å². The van der Waals surface area contributed by atoms with E-state index in [1.807, 2.05) is 0 Å². The molecule has 1 heterocycles. The first-order chi connectivity index (χ1) is 16.5. The highest BCUT2D eigenvalue weighted by Crippen LogP contribution is 2.40. The minimum absolute atomic E-state index is 0.0282. The fourth-order valence-electron chi connectivity index (χ4n) is 3.80. The van der Waals surface area contributed by atoms with E-state index in [2.05, 4.69) is 32.9 Å². The zero-order valence-electron chi connectivity index (χ0n) is 18.7. The molecule has 1 N–H and O–H groups in total. The van der Waals surface area contributed by atoms with Crippen molar-refractivity contribution in [3.63, 3.8) is 0 Å². The summed E-state index contributed by atoms with van der Waals surface area (Å²) in [7, 11) is 0. The van der Waals surface area contributed by atoms with Crippen LogP contribution in [0.3, 0.4) is 0 Å². The Kier molecular flexibility index (Phi) is 8.27. The molecule has 1 aliphatic heterocycles. The Labute approximate surface area is 213 Å². The first kappa shape index (κ1) is 26.7. The molecule has 1 unspecified atom stereocenters. The van der Waals surface area contributed by atoms with Crippen molar-refractivity contribution in [2.45, 2.75) is 19.5 Å². The largest absolute Gasteiger partial charge is 0.465 e. The van der Waals surface area contributed by atoms with E-state index in [0.29, 0.717) is 5.69 Å². The number of hydrogen-bond acceptors (Lipinski definition) is 5. The number of amides is 1. The van der Waals surface area contributed by atoms with E-state index in [0.717, 1.165) is 16.6 Å². The van der Waals surface area contributed by atoms with E-state index in [1.54, 1.807) is 31.2 Å². The molecular formula is C24H22BrClF3N3O3. The number of rotatable bonds is 8. The molecule has 186 valence electrons. The van der Waals surface area contributed by atoms with Crippen molar-refractivity contribution in [2.24, 2.45) is 10.5 Å². The SMILES string of the molecule is C=CCC1(C(=O)OCC)CN(CC(=O)Nc2ccc(Br)cc2)N=C1c1ccc(C(F)(F)F)c(Cl)c1. The number of alkyl halides is 3. The maximum atomic E-state index is 13.2. The molecule has 3 rings (SSSR count). The number of halogens is 5. The standard InChI is InChI=1S/C24H22BrClF3N3O3/c1-3-11-23(22(34)35-4-2)14-32(13-20(33)30-17-8-6-16(25)7-9-17)31-21(23)15-5-10-18(19(26)12-15)24(27,28)29/h3,5-10,12H,1,4,11,13-14H2,2H3,(H,30,33). The summed E-state index contributed by atoms with van der Waals surface area (Å²) in [5.41, 5.74) is -1.44. The van der Waals surface area contributed by atoms with Crippen molar-refractivity contribution in [3.05, 3.63) is 75.7 Å². The minimum atomic E-state index is -4.64. The molecule has 1 atom stereocenters. The molecule has 0 fully saturated rings.